The van der Waals surface area contributed by atoms with Gasteiger partial charge in [-0.1, -0.05) is 17.7 Å². The minimum Gasteiger partial charge on any atom is -0.324 e. The molecule has 3 rings (SSSR count). The maximum atomic E-state index is 12.0. The smallest absolute Gasteiger partial charge is 0.248 e. The number of hydrogen-bond acceptors (Lipinski definition) is 6. The summed E-state index contributed by atoms with van der Waals surface area (Å²) in [6.07, 6.45) is 0. The first-order chi connectivity index (χ1) is 11.6. The summed E-state index contributed by atoms with van der Waals surface area (Å²) in [5.74, 6) is 0.0936. The van der Waals surface area contributed by atoms with Gasteiger partial charge in [0, 0.05) is 16.3 Å². The summed E-state index contributed by atoms with van der Waals surface area (Å²) < 4.78 is 0. The van der Waals surface area contributed by atoms with Gasteiger partial charge in [0.05, 0.1) is 5.69 Å². The van der Waals surface area contributed by atoms with Crippen molar-refractivity contribution in [3.63, 3.8) is 0 Å². The van der Waals surface area contributed by atoms with Crippen LogP contribution in [0.4, 0.5) is 11.4 Å². The lowest BCUT2D eigenvalue weighted by Crippen LogP contribution is -2.20. The number of nitrogens with one attached hydrogen (secondary N) is 2. The first-order valence-electron chi connectivity index (χ1n) is 6.98. The molecule has 0 aliphatic heterocycles. The van der Waals surface area contributed by atoms with E-state index >= 15 is 0 Å². The van der Waals surface area contributed by atoms with Gasteiger partial charge in [-0.25, -0.2) is 0 Å². The highest BCUT2D eigenvalue weighted by atomic mass is 35.5. The normalized spacial score (nSPS) is 10.4. The minimum atomic E-state index is -0.291. The Bertz CT molecular complexity index is 849. The molecule has 1 heterocycles. The van der Waals surface area contributed by atoms with Crippen LogP contribution in [0.5, 0.6) is 0 Å². The number of rotatable bonds is 5. The standard InChI is InChI=1S/C15H13ClN6O2/c16-11-2-1-3-13(8-11)17-14(23)9-22-19-15(18-21-22)10-4-6-12(20-24)7-5-10/h1-8,20,24H,9H2,(H,17,23). The van der Waals surface area contributed by atoms with Gasteiger partial charge in [0.1, 0.15) is 6.54 Å². The topological polar surface area (TPSA) is 105 Å². The van der Waals surface area contributed by atoms with E-state index in [4.69, 9.17) is 16.8 Å². The molecule has 0 fully saturated rings. The molecule has 3 N–H and O–H groups in total. The minimum absolute atomic E-state index is 0.0736. The van der Waals surface area contributed by atoms with E-state index in [1.807, 2.05) is 5.48 Å². The molecule has 1 amide bonds. The van der Waals surface area contributed by atoms with E-state index in [0.717, 1.165) is 5.56 Å². The van der Waals surface area contributed by atoms with E-state index in [2.05, 4.69) is 20.7 Å². The van der Waals surface area contributed by atoms with Crippen LogP contribution in [0.25, 0.3) is 11.4 Å². The maximum Gasteiger partial charge on any atom is 0.248 e. The summed E-state index contributed by atoms with van der Waals surface area (Å²) in [6.45, 7) is -0.0736. The Hall–Kier alpha value is -2.97. The SMILES string of the molecule is O=C(Cn1nnc(-c2ccc(NO)cc2)n1)Nc1cccc(Cl)c1. The fourth-order valence-corrected chi connectivity index (χ4v) is 2.21. The molecule has 0 aliphatic carbocycles. The van der Waals surface area contributed by atoms with E-state index in [1.165, 1.54) is 4.80 Å². The number of carbonyl (C=O) groups excluding carboxylic acids is 1. The molecule has 3 aromatic rings. The van der Waals surface area contributed by atoms with Crippen LogP contribution in [0, 0.1) is 0 Å². The van der Waals surface area contributed by atoms with Crippen molar-refractivity contribution in [1.29, 1.82) is 0 Å². The lowest BCUT2D eigenvalue weighted by molar-refractivity contribution is -0.117. The molecule has 122 valence electrons. The number of hydrogen-bond donors (Lipinski definition) is 3. The maximum absolute atomic E-state index is 12.0. The van der Waals surface area contributed by atoms with Crippen LogP contribution in [0.3, 0.4) is 0 Å². The number of amides is 1. The van der Waals surface area contributed by atoms with E-state index in [0.29, 0.717) is 22.2 Å². The highest BCUT2D eigenvalue weighted by molar-refractivity contribution is 6.30. The van der Waals surface area contributed by atoms with Gasteiger partial charge in [-0.05, 0) is 47.7 Å². The van der Waals surface area contributed by atoms with Crippen molar-refractivity contribution >= 4 is 28.9 Å². The highest BCUT2D eigenvalue weighted by Crippen LogP contribution is 2.17. The molecule has 0 radical (unpaired) electrons. The molecule has 2 aromatic carbocycles. The molecule has 0 aliphatic rings. The van der Waals surface area contributed by atoms with Crippen molar-refractivity contribution in [3.05, 3.63) is 53.6 Å². The van der Waals surface area contributed by atoms with E-state index < -0.39 is 0 Å². The van der Waals surface area contributed by atoms with Gasteiger partial charge in [-0.2, -0.15) is 4.80 Å². The molecular weight excluding hydrogens is 332 g/mol. The first kappa shape index (κ1) is 15.9. The Morgan fingerprint density at radius 1 is 1.17 bits per heavy atom. The van der Waals surface area contributed by atoms with Crippen molar-refractivity contribution < 1.29 is 10.0 Å². The molecule has 0 unspecified atom stereocenters. The van der Waals surface area contributed by atoms with Gasteiger partial charge in [0.15, 0.2) is 0 Å². The van der Waals surface area contributed by atoms with Gasteiger partial charge >= 0.3 is 0 Å². The summed E-state index contributed by atoms with van der Waals surface area (Å²) in [5.41, 5.74) is 3.90. The molecule has 1 aromatic heterocycles. The third-order valence-electron chi connectivity index (χ3n) is 3.12. The third-order valence-corrected chi connectivity index (χ3v) is 3.35. The molecule has 0 saturated carbocycles. The van der Waals surface area contributed by atoms with Crippen LogP contribution in [-0.2, 0) is 11.3 Å². The monoisotopic (exact) mass is 344 g/mol. The van der Waals surface area contributed by atoms with Crippen LogP contribution >= 0.6 is 11.6 Å². The van der Waals surface area contributed by atoms with Gasteiger partial charge in [0.25, 0.3) is 0 Å². The zero-order valence-corrected chi connectivity index (χ0v) is 13.1. The zero-order valence-electron chi connectivity index (χ0n) is 12.3. The van der Waals surface area contributed by atoms with Crippen molar-refractivity contribution in [2.75, 3.05) is 10.8 Å². The quantitative estimate of drug-likeness (QED) is 0.614. The number of halogens is 1. The van der Waals surface area contributed by atoms with Crippen LogP contribution in [0.1, 0.15) is 0 Å². The van der Waals surface area contributed by atoms with Gasteiger partial charge in [0.2, 0.25) is 11.7 Å². The van der Waals surface area contributed by atoms with Crippen molar-refractivity contribution in [2.24, 2.45) is 0 Å². The molecular formula is C15H13ClN6O2. The lowest BCUT2D eigenvalue weighted by atomic mass is 10.2. The number of anilines is 2. The largest absolute Gasteiger partial charge is 0.324 e. The molecule has 0 spiro atoms. The second-order valence-electron chi connectivity index (χ2n) is 4.89. The van der Waals surface area contributed by atoms with Gasteiger partial charge < -0.3 is 5.32 Å². The first-order valence-corrected chi connectivity index (χ1v) is 7.35. The van der Waals surface area contributed by atoms with E-state index in [1.54, 1.807) is 48.5 Å². The molecule has 0 saturated heterocycles. The zero-order chi connectivity index (χ0) is 16.9. The Morgan fingerprint density at radius 2 is 1.96 bits per heavy atom. The Balaban J connectivity index is 1.65. The van der Waals surface area contributed by atoms with Crippen molar-refractivity contribution in [2.45, 2.75) is 6.54 Å². The molecule has 0 bridgehead atoms. The molecule has 9 heteroatoms. The van der Waals surface area contributed by atoms with E-state index in [-0.39, 0.29) is 12.5 Å². The summed E-state index contributed by atoms with van der Waals surface area (Å²) in [6, 6.07) is 13.6. The number of carbonyl (C=O) groups is 1. The lowest BCUT2D eigenvalue weighted by Gasteiger charge is -2.04. The number of benzene rings is 2. The fourth-order valence-electron chi connectivity index (χ4n) is 2.01. The Kier molecular flexibility index (Phi) is 4.69. The number of tetrazole rings is 1. The molecule has 8 nitrogen and oxygen atoms in total. The predicted molar refractivity (Wildman–Crippen MR) is 88.7 cm³/mol. The average Bonchev–Trinajstić information content (AvgIpc) is 3.03. The van der Waals surface area contributed by atoms with Gasteiger partial charge in [-0.15, -0.1) is 10.2 Å². The van der Waals surface area contributed by atoms with Crippen molar-refractivity contribution in [1.82, 2.24) is 20.2 Å². The summed E-state index contributed by atoms with van der Waals surface area (Å²) in [5, 5.41) is 24.0. The summed E-state index contributed by atoms with van der Waals surface area (Å²) in [4.78, 5) is 13.2. The Morgan fingerprint density at radius 3 is 2.67 bits per heavy atom. The second-order valence-corrected chi connectivity index (χ2v) is 5.33. The van der Waals surface area contributed by atoms with Gasteiger partial charge in [-0.3, -0.25) is 15.5 Å². The average molecular weight is 345 g/mol. The fraction of sp³-hybridized carbons (Fsp3) is 0.0667. The number of nitrogens with zero attached hydrogens (tertiary/aromatic N) is 4. The summed E-state index contributed by atoms with van der Waals surface area (Å²) in [7, 11) is 0. The molecule has 0 atom stereocenters. The van der Waals surface area contributed by atoms with Crippen LogP contribution in [0.15, 0.2) is 48.5 Å². The van der Waals surface area contributed by atoms with Crippen molar-refractivity contribution in [3.8, 4) is 11.4 Å². The second kappa shape index (κ2) is 7.07. The van der Waals surface area contributed by atoms with E-state index in [9.17, 15) is 4.79 Å². The Labute approximate surface area is 142 Å². The highest BCUT2D eigenvalue weighted by Gasteiger charge is 2.10. The summed E-state index contributed by atoms with van der Waals surface area (Å²) >= 11 is 5.87. The van der Waals surface area contributed by atoms with Crippen LogP contribution < -0.4 is 10.8 Å². The number of aromatic nitrogens is 4. The van der Waals surface area contributed by atoms with Crippen LogP contribution in [0.2, 0.25) is 5.02 Å². The predicted octanol–water partition coefficient (Wildman–Crippen LogP) is 2.43. The molecule has 24 heavy (non-hydrogen) atoms. The third kappa shape index (κ3) is 3.86. The van der Waals surface area contributed by atoms with Crippen LogP contribution in [-0.4, -0.2) is 31.3 Å².